The van der Waals surface area contributed by atoms with Crippen LogP contribution >= 0.6 is 12.6 Å². The number of aromatic nitrogens is 5. The second kappa shape index (κ2) is 6.47. The van der Waals surface area contributed by atoms with Crippen molar-refractivity contribution in [2.45, 2.75) is 6.04 Å². The van der Waals surface area contributed by atoms with E-state index in [4.69, 9.17) is 0 Å². The lowest BCUT2D eigenvalue weighted by Crippen LogP contribution is -2.31. The van der Waals surface area contributed by atoms with Crippen LogP contribution in [0.15, 0.2) is 47.5 Å². The molecule has 4 aromatic rings. The van der Waals surface area contributed by atoms with Crippen molar-refractivity contribution in [2.24, 2.45) is 0 Å². The van der Waals surface area contributed by atoms with Crippen molar-refractivity contribution in [3.05, 3.63) is 58.9 Å². The Balaban J connectivity index is 1.93. The lowest BCUT2D eigenvalue weighted by molar-refractivity contribution is -0.140. The maximum absolute atomic E-state index is 13.2. The monoisotopic (exact) mass is 385 g/mol. The summed E-state index contributed by atoms with van der Waals surface area (Å²) in [5, 5.41) is 21.6. The van der Waals surface area contributed by atoms with Crippen molar-refractivity contribution in [3.63, 3.8) is 0 Å². The van der Waals surface area contributed by atoms with Gasteiger partial charge in [-0.2, -0.15) is 17.7 Å². The van der Waals surface area contributed by atoms with Gasteiger partial charge in [0.25, 0.3) is 5.56 Å². The summed E-state index contributed by atoms with van der Waals surface area (Å²) in [6, 6.07) is 6.29. The Labute approximate surface area is 156 Å². The number of halogens is 1. The van der Waals surface area contributed by atoms with Crippen LogP contribution in [0.4, 0.5) is 4.39 Å². The van der Waals surface area contributed by atoms with Crippen LogP contribution in [-0.2, 0) is 4.79 Å². The van der Waals surface area contributed by atoms with E-state index < -0.39 is 17.6 Å². The summed E-state index contributed by atoms with van der Waals surface area (Å²) in [6.45, 7) is 0. The number of rotatable bonds is 4. The van der Waals surface area contributed by atoms with Crippen LogP contribution in [-0.4, -0.2) is 41.2 Å². The molecule has 136 valence electrons. The quantitative estimate of drug-likeness (QED) is 0.520. The molecule has 0 fully saturated rings. The number of fused-ring (bicyclic) bond motifs is 3. The third kappa shape index (κ3) is 2.74. The SMILES string of the molecule is O=C(O)C(CS)n1ccc2c(nnc3c(-c4ccc(F)cc4)cnn32)c1=O. The Hall–Kier alpha value is -3.27. The molecule has 1 unspecified atom stereocenters. The predicted octanol–water partition coefficient (Wildman–Crippen LogP) is 1.80. The van der Waals surface area contributed by atoms with Gasteiger partial charge in [-0.05, 0) is 23.8 Å². The molecular formula is C17H12FN5O3S. The fourth-order valence-corrected chi connectivity index (χ4v) is 3.20. The van der Waals surface area contributed by atoms with Crippen LogP contribution in [0.1, 0.15) is 6.04 Å². The first-order valence-corrected chi connectivity index (χ1v) is 8.49. The molecule has 4 rings (SSSR count). The largest absolute Gasteiger partial charge is 0.480 e. The minimum Gasteiger partial charge on any atom is -0.480 e. The van der Waals surface area contributed by atoms with E-state index in [0.29, 0.717) is 22.3 Å². The Morgan fingerprint density at radius 3 is 2.63 bits per heavy atom. The molecular weight excluding hydrogens is 373 g/mol. The molecule has 1 N–H and O–H groups in total. The summed E-state index contributed by atoms with van der Waals surface area (Å²) < 4.78 is 15.7. The Morgan fingerprint density at radius 2 is 1.96 bits per heavy atom. The van der Waals surface area contributed by atoms with E-state index in [-0.39, 0.29) is 17.1 Å². The van der Waals surface area contributed by atoms with Gasteiger partial charge in [0.1, 0.15) is 17.4 Å². The molecule has 3 heterocycles. The van der Waals surface area contributed by atoms with Crippen LogP contribution in [0.5, 0.6) is 0 Å². The molecule has 0 amide bonds. The topological polar surface area (TPSA) is 102 Å². The standard InChI is InChI=1S/C17H12FN5O3S/c18-10-3-1-9(2-4-10)11-7-19-23-12-5-6-22(13(8-27)17(25)26)16(24)14(12)20-21-15(11)23/h1-7,13,27H,8H2,(H,25,26). The smallest absolute Gasteiger partial charge is 0.327 e. The zero-order valence-electron chi connectivity index (χ0n) is 13.7. The molecule has 0 aliphatic carbocycles. The fraction of sp³-hybridized carbons (Fsp3) is 0.118. The molecule has 27 heavy (non-hydrogen) atoms. The number of carbonyl (C=O) groups is 1. The van der Waals surface area contributed by atoms with Gasteiger partial charge in [-0.3, -0.25) is 9.36 Å². The summed E-state index contributed by atoms with van der Waals surface area (Å²) >= 11 is 4.00. The maximum atomic E-state index is 13.2. The minimum absolute atomic E-state index is 0.00760. The molecule has 0 saturated carbocycles. The highest BCUT2D eigenvalue weighted by Gasteiger charge is 2.21. The number of carboxylic acid groups (broad SMARTS) is 1. The van der Waals surface area contributed by atoms with E-state index in [2.05, 4.69) is 27.9 Å². The summed E-state index contributed by atoms with van der Waals surface area (Å²) in [7, 11) is 0. The molecule has 1 atom stereocenters. The van der Waals surface area contributed by atoms with Gasteiger partial charge in [0.15, 0.2) is 11.2 Å². The van der Waals surface area contributed by atoms with Crippen molar-refractivity contribution in [1.29, 1.82) is 0 Å². The Bertz CT molecular complexity index is 1240. The second-order valence-corrected chi connectivity index (χ2v) is 6.16. The average molecular weight is 385 g/mol. The second-order valence-electron chi connectivity index (χ2n) is 5.80. The van der Waals surface area contributed by atoms with Gasteiger partial charge < -0.3 is 5.11 Å². The molecule has 8 nitrogen and oxygen atoms in total. The molecule has 0 aliphatic rings. The number of thiol groups is 1. The van der Waals surface area contributed by atoms with Crippen LogP contribution in [0.2, 0.25) is 0 Å². The van der Waals surface area contributed by atoms with Gasteiger partial charge in [0.05, 0.1) is 6.20 Å². The van der Waals surface area contributed by atoms with Crippen LogP contribution in [0.25, 0.3) is 27.8 Å². The van der Waals surface area contributed by atoms with Gasteiger partial charge in [0, 0.05) is 17.5 Å². The van der Waals surface area contributed by atoms with Gasteiger partial charge >= 0.3 is 5.97 Å². The Kier molecular flexibility index (Phi) is 4.11. The minimum atomic E-state index is -1.17. The van der Waals surface area contributed by atoms with Gasteiger partial charge in [-0.15, -0.1) is 10.2 Å². The molecule has 0 bridgehead atoms. The van der Waals surface area contributed by atoms with E-state index in [0.717, 1.165) is 4.57 Å². The molecule has 0 aliphatic heterocycles. The highest BCUT2D eigenvalue weighted by atomic mass is 32.1. The van der Waals surface area contributed by atoms with Crippen LogP contribution in [0.3, 0.4) is 0 Å². The fourth-order valence-electron chi connectivity index (χ4n) is 2.87. The number of pyridine rings is 1. The highest BCUT2D eigenvalue weighted by Crippen LogP contribution is 2.24. The summed E-state index contributed by atoms with van der Waals surface area (Å²) in [5.74, 6) is -1.57. The summed E-state index contributed by atoms with van der Waals surface area (Å²) in [4.78, 5) is 24.0. The number of carboxylic acids is 1. The maximum Gasteiger partial charge on any atom is 0.327 e. The van der Waals surface area contributed by atoms with E-state index >= 15 is 0 Å². The number of nitrogens with zero attached hydrogens (tertiary/aromatic N) is 5. The lowest BCUT2D eigenvalue weighted by Gasteiger charge is -2.13. The summed E-state index contributed by atoms with van der Waals surface area (Å²) in [5.41, 5.74) is 1.52. The van der Waals surface area contributed by atoms with Crippen molar-refractivity contribution in [1.82, 2.24) is 24.4 Å². The zero-order valence-corrected chi connectivity index (χ0v) is 14.5. The molecule has 1 aromatic carbocycles. The zero-order chi connectivity index (χ0) is 19.1. The van der Waals surface area contributed by atoms with Crippen LogP contribution in [0, 0.1) is 5.82 Å². The normalized spacial score (nSPS) is 12.5. The number of hydrogen-bond donors (Lipinski definition) is 2. The average Bonchev–Trinajstić information content (AvgIpc) is 3.09. The molecule has 0 spiro atoms. The van der Waals surface area contributed by atoms with Crippen molar-refractivity contribution >= 4 is 35.3 Å². The predicted molar refractivity (Wildman–Crippen MR) is 98.5 cm³/mol. The van der Waals surface area contributed by atoms with Crippen molar-refractivity contribution in [3.8, 4) is 11.1 Å². The van der Waals surface area contributed by atoms with E-state index in [9.17, 15) is 19.1 Å². The molecule has 10 heteroatoms. The highest BCUT2D eigenvalue weighted by molar-refractivity contribution is 7.80. The Morgan fingerprint density at radius 1 is 1.22 bits per heavy atom. The van der Waals surface area contributed by atoms with Crippen LogP contribution < -0.4 is 5.56 Å². The van der Waals surface area contributed by atoms with Crippen molar-refractivity contribution < 1.29 is 14.3 Å². The van der Waals surface area contributed by atoms with Gasteiger partial charge in [-0.1, -0.05) is 12.1 Å². The third-order valence-corrected chi connectivity index (χ3v) is 4.58. The molecule has 3 aromatic heterocycles. The van der Waals surface area contributed by atoms with E-state index in [1.807, 2.05) is 0 Å². The van der Waals surface area contributed by atoms with Crippen molar-refractivity contribution in [2.75, 3.05) is 5.75 Å². The lowest BCUT2D eigenvalue weighted by atomic mass is 10.1. The van der Waals surface area contributed by atoms with E-state index in [1.165, 1.54) is 22.8 Å². The number of hydrogen-bond acceptors (Lipinski definition) is 6. The molecule has 0 radical (unpaired) electrons. The van der Waals surface area contributed by atoms with E-state index in [1.54, 1.807) is 24.4 Å². The molecule has 0 saturated heterocycles. The number of aliphatic carboxylic acids is 1. The first-order valence-electron chi connectivity index (χ1n) is 7.86. The third-order valence-electron chi connectivity index (χ3n) is 4.24. The first kappa shape index (κ1) is 17.2. The number of benzene rings is 1. The summed E-state index contributed by atoms with van der Waals surface area (Å²) in [6.07, 6.45) is 2.93. The first-order chi connectivity index (χ1) is 13.0. The van der Waals surface area contributed by atoms with Gasteiger partial charge in [-0.25, -0.2) is 13.7 Å². The van der Waals surface area contributed by atoms with Gasteiger partial charge in [0.2, 0.25) is 0 Å².